The van der Waals surface area contributed by atoms with Gasteiger partial charge in [-0.1, -0.05) is 0 Å². The summed E-state index contributed by atoms with van der Waals surface area (Å²) in [5.41, 5.74) is 7.56. The average Bonchev–Trinajstić information content (AvgIpc) is 2.54. The Morgan fingerprint density at radius 2 is 2.33 bits per heavy atom. The van der Waals surface area contributed by atoms with E-state index in [4.69, 9.17) is 5.73 Å². The van der Waals surface area contributed by atoms with Gasteiger partial charge in [0.25, 0.3) is 0 Å². The molecule has 3 nitrogen and oxygen atoms in total. The number of hydrogen-bond acceptors (Lipinski definition) is 4. The zero-order chi connectivity index (χ0) is 8.39. The molecule has 0 saturated heterocycles. The van der Waals surface area contributed by atoms with Crippen molar-refractivity contribution < 1.29 is 0 Å². The minimum atomic E-state index is 0.809. The van der Waals surface area contributed by atoms with Gasteiger partial charge in [0.15, 0.2) is 0 Å². The highest BCUT2D eigenvalue weighted by Gasteiger charge is 1.99. The fraction of sp³-hybridized carbons (Fsp3) is 0. The Labute approximate surface area is 73.9 Å². The average molecular weight is 177 g/mol. The minimum absolute atomic E-state index is 0.809. The highest BCUT2D eigenvalue weighted by Crippen LogP contribution is 2.24. The first-order valence-electron chi connectivity index (χ1n) is 3.46. The van der Waals surface area contributed by atoms with Crippen LogP contribution in [0.2, 0.25) is 0 Å². The van der Waals surface area contributed by atoms with Crippen molar-refractivity contribution >= 4 is 16.3 Å². The molecule has 0 bridgehead atoms. The van der Waals surface area contributed by atoms with Crippen LogP contribution in [-0.4, -0.2) is 9.97 Å². The zero-order valence-corrected chi connectivity index (χ0v) is 7.08. The number of anilines is 1. The van der Waals surface area contributed by atoms with Gasteiger partial charge in [0.05, 0.1) is 10.7 Å². The summed E-state index contributed by atoms with van der Waals surface area (Å²) in [6.45, 7) is 0. The third-order valence-electron chi connectivity index (χ3n) is 1.50. The van der Waals surface area contributed by atoms with Crippen LogP contribution in [0.15, 0.2) is 30.0 Å². The summed E-state index contributed by atoms with van der Waals surface area (Å²) in [5.74, 6) is 0. The van der Waals surface area contributed by atoms with Crippen molar-refractivity contribution in [3.8, 4) is 11.3 Å². The Hall–Kier alpha value is -1.42. The summed E-state index contributed by atoms with van der Waals surface area (Å²) >= 11 is 1.52. The smallest absolute Gasteiger partial charge is 0.116 e. The van der Waals surface area contributed by atoms with Crippen molar-refractivity contribution in [3.05, 3.63) is 30.0 Å². The Morgan fingerprint density at radius 3 is 2.92 bits per heavy atom. The third kappa shape index (κ3) is 1.29. The summed E-state index contributed by atoms with van der Waals surface area (Å²) in [6, 6.07) is 3.77. The molecular formula is C8H7N3S. The molecular weight excluding hydrogens is 170 g/mol. The lowest BCUT2D eigenvalue weighted by molar-refractivity contribution is 1.17. The van der Waals surface area contributed by atoms with Gasteiger partial charge in [-0.2, -0.15) is 0 Å². The Bertz CT molecular complexity index is 369. The van der Waals surface area contributed by atoms with Crippen molar-refractivity contribution in [1.29, 1.82) is 0 Å². The molecule has 0 aromatic carbocycles. The van der Waals surface area contributed by atoms with Crippen molar-refractivity contribution in [2.75, 3.05) is 5.73 Å². The number of nitrogens with zero attached hydrogens (tertiary/aromatic N) is 2. The molecule has 2 aromatic heterocycles. The second-order valence-electron chi connectivity index (χ2n) is 2.33. The zero-order valence-electron chi connectivity index (χ0n) is 6.27. The van der Waals surface area contributed by atoms with E-state index in [1.165, 1.54) is 17.7 Å². The lowest BCUT2D eigenvalue weighted by Crippen LogP contribution is -1.81. The maximum Gasteiger partial charge on any atom is 0.116 e. The lowest BCUT2D eigenvalue weighted by atomic mass is 10.2. The molecule has 0 aliphatic heterocycles. The molecule has 2 rings (SSSR count). The quantitative estimate of drug-likeness (QED) is 0.722. The fourth-order valence-electron chi connectivity index (χ4n) is 0.949. The summed E-state index contributed by atoms with van der Waals surface area (Å²) in [7, 11) is 0. The van der Waals surface area contributed by atoms with Crippen LogP contribution >= 0.6 is 11.3 Å². The largest absolute Gasteiger partial charge is 0.391 e. The van der Waals surface area contributed by atoms with Crippen LogP contribution in [0.1, 0.15) is 0 Å². The van der Waals surface area contributed by atoms with Crippen LogP contribution in [0.25, 0.3) is 11.3 Å². The predicted octanol–water partition coefficient (Wildman–Crippen LogP) is 1.79. The molecule has 0 spiro atoms. The first-order chi connectivity index (χ1) is 5.86. The Kier molecular flexibility index (Phi) is 1.75. The van der Waals surface area contributed by atoms with Crippen LogP contribution in [-0.2, 0) is 0 Å². The van der Waals surface area contributed by atoms with Gasteiger partial charge in [-0.25, -0.2) is 9.97 Å². The van der Waals surface area contributed by atoms with E-state index in [0.717, 1.165) is 16.3 Å². The van der Waals surface area contributed by atoms with Gasteiger partial charge in [0.1, 0.15) is 6.33 Å². The highest BCUT2D eigenvalue weighted by molar-refractivity contribution is 7.14. The maximum absolute atomic E-state index is 5.59. The number of nitrogens with two attached hydrogens (primary N) is 1. The molecule has 0 fully saturated rings. The van der Waals surface area contributed by atoms with Gasteiger partial charge >= 0.3 is 0 Å². The number of aromatic nitrogens is 2. The molecule has 0 saturated carbocycles. The van der Waals surface area contributed by atoms with Crippen LogP contribution in [0.4, 0.5) is 5.00 Å². The maximum atomic E-state index is 5.59. The van der Waals surface area contributed by atoms with Gasteiger partial charge in [-0.05, 0) is 12.1 Å². The summed E-state index contributed by atoms with van der Waals surface area (Å²) in [5, 5.41) is 2.79. The number of nitrogen functional groups attached to an aromatic ring is 1. The van der Waals surface area contributed by atoms with E-state index in [-0.39, 0.29) is 0 Å². The van der Waals surface area contributed by atoms with Crippen molar-refractivity contribution in [2.24, 2.45) is 0 Å². The molecule has 0 unspecified atom stereocenters. The number of rotatable bonds is 1. The van der Waals surface area contributed by atoms with E-state index < -0.39 is 0 Å². The van der Waals surface area contributed by atoms with E-state index in [2.05, 4.69) is 9.97 Å². The molecule has 0 aliphatic carbocycles. The lowest BCUT2D eigenvalue weighted by Gasteiger charge is -1.92. The molecule has 12 heavy (non-hydrogen) atoms. The molecule has 2 heterocycles. The first kappa shape index (κ1) is 7.24. The molecule has 60 valence electrons. The second kappa shape index (κ2) is 2.91. The number of hydrogen-bond donors (Lipinski definition) is 1. The minimum Gasteiger partial charge on any atom is -0.391 e. The van der Waals surface area contributed by atoms with Crippen LogP contribution in [0, 0.1) is 0 Å². The number of thiophene rings is 1. The molecule has 0 atom stereocenters. The molecule has 0 aliphatic rings. The van der Waals surface area contributed by atoms with Crippen LogP contribution in [0.3, 0.4) is 0 Å². The van der Waals surface area contributed by atoms with Crippen LogP contribution in [0.5, 0.6) is 0 Å². The second-order valence-corrected chi connectivity index (χ2v) is 3.28. The van der Waals surface area contributed by atoms with Gasteiger partial charge in [-0.3, -0.25) is 0 Å². The van der Waals surface area contributed by atoms with E-state index in [0.29, 0.717) is 0 Å². The molecule has 2 aromatic rings. The standard InChI is InChI=1S/C8H7N3S/c9-8-3-6(4-12-8)7-1-2-10-5-11-7/h1-5H,9H2. The molecule has 0 amide bonds. The molecule has 4 heteroatoms. The summed E-state index contributed by atoms with van der Waals surface area (Å²) in [6.07, 6.45) is 3.25. The molecule has 2 N–H and O–H groups in total. The van der Waals surface area contributed by atoms with E-state index in [9.17, 15) is 0 Å². The van der Waals surface area contributed by atoms with Crippen molar-refractivity contribution in [3.63, 3.8) is 0 Å². The topological polar surface area (TPSA) is 51.8 Å². The van der Waals surface area contributed by atoms with E-state index in [1.807, 2.05) is 17.5 Å². The normalized spacial score (nSPS) is 10.0. The Morgan fingerprint density at radius 1 is 1.42 bits per heavy atom. The predicted molar refractivity (Wildman–Crippen MR) is 49.8 cm³/mol. The first-order valence-corrected chi connectivity index (χ1v) is 4.34. The van der Waals surface area contributed by atoms with Gasteiger partial charge < -0.3 is 5.73 Å². The van der Waals surface area contributed by atoms with Gasteiger partial charge in [0.2, 0.25) is 0 Å². The fourth-order valence-corrected chi connectivity index (χ4v) is 1.60. The Balaban J connectivity index is 2.45. The van der Waals surface area contributed by atoms with Crippen LogP contribution < -0.4 is 5.73 Å². The van der Waals surface area contributed by atoms with Crippen molar-refractivity contribution in [1.82, 2.24) is 9.97 Å². The van der Waals surface area contributed by atoms with Gasteiger partial charge in [-0.15, -0.1) is 11.3 Å². The van der Waals surface area contributed by atoms with Crippen molar-refractivity contribution in [2.45, 2.75) is 0 Å². The monoisotopic (exact) mass is 177 g/mol. The summed E-state index contributed by atoms with van der Waals surface area (Å²) < 4.78 is 0. The van der Waals surface area contributed by atoms with E-state index >= 15 is 0 Å². The SMILES string of the molecule is Nc1cc(-c2ccncn2)cs1. The summed E-state index contributed by atoms with van der Waals surface area (Å²) in [4.78, 5) is 7.94. The third-order valence-corrected chi connectivity index (χ3v) is 2.26. The highest BCUT2D eigenvalue weighted by atomic mass is 32.1. The van der Waals surface area contributed by atoms with E-state index in [1.54, 1.807) is 6.20 Å². The van der Waals surface area contributed by atoms with Gasteiger partial charge in [0, 0.05) is 17.1 Å². The molecule has 0 radical (unpaired) electrons.